The van der Waals surface area contributed by atoms with Gasteiger partial charge in [0, 0.05) is 30.6 Å². The molecule has 4 aromatic rings. The summed E-state index contributed by atoms with van der Waals surface area (Å²) in [4.78, 5) is 4.24. The molecule has 0 fully saturated rings. The van der Waals surface area contributed by atoms with Crippen LogP contribution in [0.3, 0.4) is 0 Å². The highest BCUT2D eigenvalue weighted by Gasteiger charge is 2.10. The van der Waals surface area contributed by atoms with Gasteiger partial charge in [0.2, 0.25) is 5.89 Å². The summed E-state index contributed by atoms with van der Waals surface area (Å²) in [6, 6.07) is 11.7. The van der Waals surface area contributed by atoms with Crippen molar-refractivity contribution in [2.24, 2.45) is 0 Å². The second kappa shape index (κ2) is 11.1. The van der Waals surface area contributed by atoms with Gasteiger partial charge >= 0.3 is 0 Å². The average Bonchev–Trinajstić information content (AvgIpc) is 3.52. The van der Waals surface area contributed by atoms with Crippen molar-refractivity contribution in [3.8, 4) is 5.75 Å². The molecule has 10 heteroatoms. The highest BCUT2D eigenvalue weighted by molar-refractivity contribution is 7.90. The molecule has 0 aliphatic carbocycles. The van der Waals surface area contributed by atoms with Crippen LogP contribution in [0.1, 0.15) is 35.6 Å². The van der Waals surface area contributed by atoms with E-state index in [0.29, 0.717) is 5.69 Å². The maximum absolute atomic E-state index is 14.2. The number of hydrogen-bond acceptors (Lipinski definition) is 7. The Kier molecular flexibility index (Phi) is 7.71. The van der Waals surface area contributed by atoms with Crippen molar-refractivity contribution in [1.82, 2.24) is 20.0 Å². The first-order valence-corrected chi connectivity index (χ1v) is 12.9. The fourth-order valence-corrected chi connectivity index (χ4v) is 4.00. The lowest BCUT2D eigenvalue weighted by atomic mass is 10.1. The van der Waals surface area contributed by atoms with Crippen LogP contribution in [0.2, 0.25) is 0 Å². The molecule has 0 spiro atoms. The molecule has 0 N–H and O–H groups in total. The molecule has 0 bridgehead atoms. The third-order valence-corrected chi connectivity index (χ3v) is 6.37. The molecule has 0 radical (unpaired) electrons. The zero-order valence-electron chi connectivity index (χ0n) is 19.2. The molecule has 0 saturated heterocycles. The van der Waals surface area contributed by atoms with E-state index in [1.165, 1.54) is 36.1 Å². The lowest BCUT2D eigenvalue weighted by Gasteiger charge is -2.06. The first-order valence-electron chi connectivity index (χ1n) is 11.0. The Morgan fingerprint density at radius 3 is 2.66 bits per heavy atom. The Labute approximate surface area is 203 Å². The molecule has 4 rings (SSSR count). The van der Waals surface area contributed by atoms with Crippen LogP contribution in [0, 0.1) is 5.82 Å². The monoisotopic (exact) mass is 496 g/mol. The minimum Gasteiger partial charge on any atom is -0.487 e. The van der Waals surface area contributed by atoms with Crippen LogP contribution in [0.4, 0.5) is 4.39 Å². The average molecular weight is 497 g/mol. The first-order chi connectivity index (χ1) is 16.9. The molecule has 0 atom stereocenters. The molecule has 2 aromatic carbocycles. The van der Waals surface area contributed by atoms with Crippen molar-refractivity contribution in [3.05, 3.63) is 89.7 Å². The summed E-state index contributed by atoms with van der Waals surface area (Å²) in [5.41, 5.74) is 2.06. The number of hydrogen-bond donors (Lipinski definition) is 0. The largest absolute Gasteiger partial charge is 0.487 e. The van der Waals surface area contributed by atoms with E-state index in [1.807, 2.05) is 35.1 Å². The smallest absolute Gasteiger partial charge is 0.218 e. The van der Waals surface area contributed by atoms with Crippen LogP contribution in [0.25, 0.3) is 12.2 Å². The zero-order valence-corrected chi connectivity index (χ0v) is 20.0. The highest BCUT2D eigenvalue weighted by Crippen LogP contribution is 2.19. The maximum Gasteiger partial charge on any atom is 0.218 e. The fraction of sp³-hybridized carbons (Fsp3) is 0.240. The van der Waals surface area contributed by atoms with Crippen molar-refractivity contribution in [3.63, 3.8) is 0 Å². The number of sulfone groups is 1. The molecule has 2 aromatic heterocycles. The van der Waals surface area contributed by atoms with Gasteiger partial charge in [0.05, 0.1) is 11.1 Å². The summed E-state index contributed by atoms with van der Waals surface area (Å²) in [7, 11) is -3.46. The lowest BCUT2D eigenvalue weighted by Crippen LogP contribution is -1.99. The van der Waals surface area contributed by atoms with Crippen LogP contribution in [0.15, 0.2) is 70.4 Å². The molecular weight excluding hydrogens is 471 g/mol. The number of rotatable bonds is 11. The third kappa shape index (κ3) is 7.10. The van der Waals surface area contributed by atoms with Gasteiger partial charge in [-0.1, -0.05) is 23.4 Å². The van der Waals surface area contributed by atoms with E-state index in [4.69, 9.17) is 9.15 Å². The standard InChI is InChI=1S/C25H25FN4O4S/c1-35(31,32)23-11-7-20(24(26)16-23)8-12-25-28-21(18-34-25)17-33-22-9-5-19(6-10-22)4-2-3-14-30-15-13-27-29-30/h5-13,15-16,18H,2-4,14,17H2,1H3. The molecule has 0 aliphatic heterocycles. The van der Waals surface area contributed by atoms with E-state index in [2.05, 4.69) is 15.3 Å². The molecular formula is C25H25FN4O4S. The minimum absolute atomic E-state index is 0.0705. The molecule has 8 nitrogen and oxygen atoms in total. The number of nitrogens with zero attached hydrogens (tertiary/aromatic N) is 4. The van der Waals surface area contributed by atoms with E-state index in [0.717, 1.165) is 43.9 Å². The van der Waals surface area contributed by atoms with Gasteiger partial charge in [0.1, 0.15) is 30.1 Å². The van der Waals surface area contributed by atoms with Gasteiger partial charge in [0.15, 0.2) is 9.84 Å². The summed E-state index contributed by atoms with van der Waals surface area (Å²) in [5.74, 6) is 0.374. The summed E-state index contributed by atoms with van der Waals surface area (Å²) in [5, 5.41) is 7.76. The van der Waals surface area contributed by atoms with Gasteiger partial charge in [-0.05, 0) is 55.2 Å². The molecule has 182 valence electrons. The molecule has 35 heavy (non-hydrogen) atoms. The van der Waals surface area contributed by atoms with Crippen LogP contribution >= 0.6 is 0 Å². The van der Waals surface area contributed by atoms with Crippen LogP contribution < -0.4 is 4.74 Å². The van der Waals surface area contributed by atoms with Crippen molar-refractivity contribution in [1.29, 1.82) is 0 Å². The predicted octanol–water partition coefficient (Wildman–Crippen LogP) is 4.58. The summed E-state index contributed by atoms with van der Waals surface area (Å²) in [6.45, 7) is 1.09. The number of aryl methyl sites for hydroxylation is 2. The maximum atomic E-state index is 14.2. The van der Waals surface area contributed by atoms with Gasteiger partial charge < -0.3 is 9.15 Å². The van der Waals surface area contributed by atoms with Gasteiger partial charge in [-0.25, -0.2) is 17.8 Å². The van der Waals surface area contributed by atoms with Gasteiger partial charge in [0.25, 0.3) is 0 Å². The highest BCUT2D eigenvalue weighted by atomic mass is 32.2. The second-order valence-electron chi connectivity index (χ2n) is 8.02. The number of benzene rings is 2. The lowest BCUT2D eigenvalue weighted by molar-refractivity contribution is 0.301. The molecule has 0 unspecified atom stereocenters. The van der Waals surface area contributed by atoms with Crippen LogP contribution in [0.5, 0.6) is 5.75 Å². The number of aromatic nitrogens is 4. The number of unbranched alkanes of at least 4 members (excludes halogenated alkanes) is 1. The summed E-state index contributed by atoms with van der Waals surface area (Å²) in [6.07, 6.45) is 12.1. The van der Waals surface area contributed by atoms with Crippen molar-refractivity contribution >= 4 is 22.0 Å². The Balaban J connectivity index is 1.24. The Hall–Kier alpha value is -3.79. The second-order valence-corrected chi connectivity index (χ2v) is 10.0. The fourth-order valence-electron chi connectivity index (χ4n) is 3.36. The van der Waals surface area contributed by atoms with Gasteiger partial charge in [-0.15, -0.1) is 5.10 Å². The Morgan fingerprint density at radius 1 is 1.11 bits per heavy atom. The Morgan fingerprint density at radius 2 is 1.94 bits per heavy atom. The van der Waals surface area contributed by atoms with Gasteiger partial charge in [-0.3, -0.25) is 4.68 Å². The Bertz CT molecular complexity index is 1380. The summed E-state index contributed by atoms with van der Waals surface area (Å²) < 4.78 is 50.2. The first kappa shape index (κ1) is 24.3. The summed E-state index contributed by atoms with van der Waals surface area (Å²) >= 11 is 0. The molecule has 0 aliphatic rings. The van der Waals surface area contributed by atoms with E-state index in [1.54, 1.807) is 6.20 Å². The third-order valence-electron chi connectivity index (χ3n) is 5.26. The van der Waals surface area contributed by atoms with E-state index >= 15 is 0 Å². The topological polar surface area (TPSA) is 100 Å². The van der Waals surface area contributed by atoms with Crippen molar-refractivity contribution in [2.45, 2.75) is 37.3 Å². The number of ether oxygens (including phenoxy) is 1. The molecule has 2 heterocycles. The SMILES string of the molecule is CS(=O)(=O)c1ccc(C=Cc2nc(COc3ccc(CCCCn4ccnn4)cc3)co2)c(F)c1. The van der Waals surface area contributed by atoms with Gasteiger partial charge in [-0.2, -0.15) is 0 Å². The minimum atomic E-state index is -3.46. The van der Waals surface area contributed by atoms with E-state index in [9.17, 15) is 12.8 Å². The zero-order chi connectivity index (χ0) is 24.7. The number of oxazole rings is 1. The van der Waals surface area contributed by atoms with E-state index in [-0.39, 0.29) is 23.0 Å². The molecule has 0 saturated carbocycles. The van der Waals surface area contributed by atoms with Crippen LogP contribution in [-0.2, 0) is 29.4 Å². The normalized spacial score (nSPS) is 11.8. The van der Waals surface area contributed by atoms with Crippen LogP contribution in [-0.4, -0.2) is 34.7 Å². The number of halogens is 1. The quantitative estimate of drug-likeness (QED) is 0.280. The van der Waals surface area contributed by atoms with E-state index < -0.39 is 15.7 Å². The predicted molar refractivity (Wildman–Crippen MR) is 129 cm³/mol. The van der Waals surface area contributed by atoms with Crippen molar-refractivity contribution < 1.29 is 22.0 Å². The molecule has 0 amide bonds. The van der Waals surface area contributed by atoms with Crippen molar-refractivity contribution in [2.75, 3.05) is 6.26 Å².